The molecule has 1 N–H and O–H groups in total. The van der Waals surface area contributed by atoms with E-state index in [-0.39, 0.29) is 0 Å². The molecule has 0 radical (unpaired) electrons. The number of rotatable bonds is 5. The molecular formula is C14H22IN. The van der Waals surface area contributed by atoms with Gasteiger partial charge >= 0.3 is 0 Å². The van der Waals surface area contributed by atoms with Crippen molar-refractivity contribution < 1.29 is 0 Å². The minimum Gasteiger partial charge on any atom is -0.307 e. The fourth-order valence-corrected chi connectivity index (χ4v) is 2.31. The highest BCUT2D eigenvalue weighted by Gasteiger charge is 2.14. The summed E-state index contributed by atoms with van der Waals surface area (Å²) in [6.45, 7) is 9.05. The second-order valence-corrected chi connectivity index (χ2v) is 5.94. The van der Waals surface area contributed by atoms with Gasteiger partial charge in [0.2, 0.25) is 0 Å². The topological polar surface area (TPSA) is 12.0 Å². The summed E-state index contributed by atoms with van der Waals surface area (Å²) in [4.78, 5) is 0. The number of nitrogens with one attached hydrogen (secondary N) is 1. The van der Waals surface area contributed by atoms with Crippen LogP contribution in [0.25, 0.3) is 0 Å². The van der Waals surface area contributed by atoms with Crippen LogP contribution in [0.1, 0.15) is 45.7 Å². The van der Waals surface area contributed by atoms with E-state index in [4.69, 9.17) is 0 Å². The minimum atomic E-state index is 0.435. The van der Waals surface area contributed by atoms with Gasteiger partial charge in [-0.15, -0.1) is 0 Å². The molecule has 0 fully saturated rings. The molecule has 90 valence electrons. The molecule has 0 saturated heterocycles. The van der Waals surface area contributed by atoms with Crippen molar-refractivity contribution in [3.63, 3.8) is 0 Å². The maximum atomic E-state index is 3.70. The molecule has 0 aliphatic heterocycles. The van der Waals surface area contributed by atoms with Gasteiger partial charge in [-0.3, -0.25) is 0 Å². The molecule has 0 amide bonds. The van der Waals surface area contributed by atoms with Crippen LogP contribution in [0.15, 0.2) is 24.3 Å². The van der Waals surface area contributed by atoms with E-state index in [1.165, 1.54) is 15.6 Å². The van der Waals surface area contributed by atoms with Gasteiger partial charge < -0.3 is 5.32 Å². The van der Waals surface area contributed by atoms with Gasteiger partial charge in [0, 0.05) is 15.7 Å². The summed E-state index contributed by atoms with van der Waals surface area (Å²) >= 11 is 2.34. The van der Waals surface area contributed by atoms with Crippen LogP contribution in [0, 0.1) is 9.49 Å². The van der Waals surface area contributed by atoms with Crippen LogP contribution in [0.5, 0.6) is 0 Å². The van der Waals surface area contributed by atoms with Crippen LogP contribution in [-0.4, -0.2) is 6.04 Å². The third kappa shape index (κ3) is 4.06. The summed E-state index contributed by atoms with van der Waals surface area (Å²) in [6, 6.07) is 9.81. The average Bonchev–Trinajstić information content (AvgIpc) is 2.26. The van der Waals surface area contributed by atoms with Crippen molar-refractivity contribution in [2.45, 2.75) is 46.2 Å². The van der Waals surface area contributed by atoms with Crippen LogP contribution >= 0.6 is 22.6 Å². The lowest BCUT2D eigenvalue weighted by molar-refractivity contribution is 0.356. The third-order valence-electron chi connectivity index (χ3n) is 3.08. The Hall–Kier alpha value is -0.0900. The zero-order valence-corrected chi connectivity index (χ0v) is 12.8. The molecule has 1 nitrogen and oxygen atoms in total. The molecule has 1 aromatic rings. The first kappa shape index (κ1) is 14.0. The Kier molecular flexibility index (Phi) is 5.76. The Balaban J connectivity index is 2.64. The molecule has 1 rings (SSSR count). The van der Waals surface area contributed by atoms with E-state index in [2.05, 4.69) is 79.9 Å². The smallest absolute Gasteiger partial charge is 0.0294 e. The van der Waals surface area contributed by atoms with E-state index in [1.54, 1.807) is 0 Å². The summed E-state index contributed by atoms with van der Waals surface area (Å²) < 4.78 is 1.30. The molecule has 0 bridgehead atoms. The van der Waals surface area contributed by atoms with Crippen molar-refractivity contribution in [1.82, 2.24) is 5.32 Å². The molecule has 16 heavy (non-hydrogen) atoms. The Labute approximate surface area is 113 Å². The number of hydrogen-bond acceptors (Lipinski definition) is 1. The van der Waals surface area contributed by atoms with E-state index >= 15 is 0 Å². The molecule has 0 saturated carbocycles. The van der Waals surface area contributed by atoms with Gasteiger partial charge in [-0.1, -0.05) is 32.9 Å². The Bertz CT molecular complexity index is 305. The lowest BCUT2D eigenvalue weighted by atomic mass is 9.99. The van der Waals surface area contributed by atoms with Crippen molar-refractivity contribution in [2.24, 2.45) is 5.92 Å². The van der Waals surface area contributed by atoms with Crippen LogP contribution < -0.4 is 5.32 Å². The average molecular weight is 331 g/mol. The van der Waals surface area contributed by atoms with Gasteiger partial charge in [0.05, 0.1) is 0 Å². The largest absolute Gasteiger partial charge is 0.307 e. The zero-order valence-electron chi connectivity index (χ0n) is 10.6. The van der Waals surface area contributed by atoms with E-state index < -0.39 is 0 Å². The standard InChI is InChI=1S/C14H22IN/c1-5-14(10(2)3)16-11(4)12-6-8-13(15)9-7-12/h6-11,14,16H,5H2,1-4H3. The molecule has 0 aliphatic rings. The van der Waals surface area contributed by atoms with Crippen molar-refractivity contribution in [2.75, 3.05) is 0 Å². The summed E-state index contributed by atoms with van der Waals surface area (Å²) in [7, 11) is 0. The summed E-state index contributed by atoms with van der Waals surface area (Å²) in [6.07, 6.45) is 1.19. The highest BCUT2D eigenvalue weighted by molar-refractivity contribution is 14.1. The fourth-order valence-electron chi connectivity index (χ4n) is 1.95. The second kappa shape index (κ2) is 6.60. The molecule has 0 spiro atoms. The summed E-state index contributed by atoms with van der Waals surface area (Å²) in [5, 5.41) is 3.70. The number of halogens is 1. The van der Waals surface area contributed by atoms with Gasteiger partial charge in [-0.2, -0.15) is 0 Å². The molecular weight excluding hydrogens is 309 g/mol. The second-order valence-electron chi connectivity index (χ2n) is 4.70. The Morgan fingerprint density at radius 3 is 2.12 bits per heavy atom. The monoisotopic (exact) mass is 331 g/mol. The van der Waals surface area contributed by atoms with Gasteiger partial charge in [-0.05, 0) is 59.5 Å². The zero-order chi connectivity index (χ0) is 12.1. The predicted molar refractivity (Wildman–Crippen MR) is 79.6 cm³/mol. The molecule has 2 unspecified atom stereocenters. The maximum Gasteiger partial charge on any atom is 0.0294 e. The first-order valence-corrected chi connectivity index (χ1v) is 7.14. The highest BCUT2D eigenvalue weighted by atomic mass is 127. The fraction of sp³-hybridized carbons (Fsp3) is 0.571. The van der Waals surface area contributed by atoms with Crippen molar-refractivity contribution in [3.8, 4) is 0 Å². The van der Waals surface area contributed by atoms with Gasteiger partial charge in [-0.25, -0.2) is 0 Å². The Morgan fingerprint density at radius 2 is 1.69 bits per heavy atom. The lowest BCUT2D eigenvalue weighted by Crippen LogP contribution is -2.35. The molecule has 0 aromatic heterocycles. The molecule has 1 aromatic carbocycles. The SMILES string of the molecule is CCC(NC(C)c1ccc(I)cc1)C(C)C. The van der Waals surface area contributed by atoms with Crippen molar-refractivity contribution in [3.05, 3.63) is 33.4 Å². The van der Waals surface area contributed by atoms with Gasteiger partial charge in [0.1, 0.15) is 0 Å². The molecule has 2 heteroatoms. The van der Waals surface area contributed by atoms with E-state index in [9.17, 15) is 0 Å². The van der Waals surface area contributed by atoms with Crippen LogP contribution in [0.4, 0.5) is 0 Å². The van der Waals surface area contributed by atoms with E-state index in [0.29, 0.717) is 18.0 Å². The quantitative estimate of drug-likeness (QED) is 0.790. The van der Waals surface area contributed by atoms with Gasteiger partial charge in [0.25, 0.3) is 0 Å². The van der Waals surface area contributed by atoms with Crippen molar-refractivity contribution in [1.29, 1.82) is 0 Å². The van der Waals surface area contributed by atoms with E-state index in [0.717, 1.165) is 0 Å². The molecule has 2 atom stereocenters. The summed E-state index contributed by atoms with van der Waals surface area (Å²) in [5.74, 6) is 0.691. The van der Waals surface area contributed by atoms with Crippen LogP contribution in [-0.2, 0) is 0 Å². The first-order valence-electron chi connectivity index (χ1n) is 6.06. The first-order chi connectivity index (χ1) is 7.54. The number of benzene rings is 1. The predicted octanol–water partition coefficient (Wildman–Crippen LogP) is 4.38. The number of hydrogen-bond donors (Lipinski definition) is 1. The molecule has 0 heterocycles. The van der Waals surface area contributed by atoms with Crippen molar-refractivity contribution >= 4 is 22.6 Å². The summed E-state index contributed by atoms with van der Waals surface area (Å²) in [5.41, 5.74) is 1.37. The molecule has 0 aliphatic carbocycles. The lowest BCUT2D eigenvalue weighted by Gasteiger charge is -2.25. The normalized spacial score (nSPS) is 15.1. The minimum absolute atomic E-state index is 0.435. The highest BCUT2D eigenvalue weighted by Crippen LogP contribution is 2.17. The Morgan fingerprint density at radius 1 is 1.12 bits per heavy atom. The van der Waals surface area contributed by atoms with E-state index in [1.807, 2.05) is 0 Å². The maximum absolute atomic E-state index is 3.70. The van der Waals surface area contributed by atoms with Crippen LogP contribution in [0.2, 0.25) is 0 Å². The van der Waals surface area contributed by atoms with Crippen LogP contribution in [0.3, 0.4) is 0 Å². The van der Waals surface area contributed by atoms with Gasteiger partial charge in [0.15, 0.2) is 0 Å². The third-order valence-corrected chi connectivity index (χ3v) is 3.80.